The second-order valence-corrected chi connectivity index (χ2v) is 4.69. The number of hydrogen-bond donors (Lipinski definition) is 2. The van der Waals surface area contributed by atoms with Crippen molar-refractivity contribution in [1.29, 1.82) is 0 Å². The maximum Gasteiger partial charge on any atom is 0.281 e. The molecule has 2 rings (SSSR count). The number of aromatic nitrogens is 1. The van der Waals surface area contributed by atoms with Gasteiger partial charge in [-0.1, -0.05) is 6.92 Å². The lowest BCUT2D eigenvalue weighted by Gasteiger charge is -2.12. The van der Waals surface area contributed by atoms with Gasteiger partial charge in [0, 0.05) is 12.7 Å². The highest BCUT2D eigenvalue weighted by molar-refractivity contribution is 5.97. The van der Waals surface area contributed by atoms with Gasteiger partial charge >= 0.3 is 0 Å². The Bertz CT molecular complexity index is 663. The quantitative estimate of drug-likeness (QED) is 0.631. The van der Waals surface area contributed by atoms with Gasteiger partial charge in [0.2, 0.25) is 0 Å². The minimum atomic E-state index is -0.723. The Morgan fingerprint density at radius 3 is 3.00 bits per heavy atom. The number of aliphatic hydroxyl groups is 1. The van der Waals surface area contributed by atoms with Gasteiger partial charge in [-0.15, -0.1) is 0 Å². The van der Waals surface area contributed by atoms with Crippen molar-refractivity contribution in [3.8, 4) is 0 Å². The van der Waals surface area contributed by atoms with E-state index in [9.17, 15) is 19.6 Å². The lowest BCUT2D eigenvalue weighted by molar-refractivity contribution is -0.383. The maximum atomic E-state index is 14.1. The minimum Gasteiger partial charge on any atom is -0.393 e. The number of hydrogen-bond acceptors (Lipinski definition) is 5. The molecule has 112 valence electrons. The number of nitro groups is 1. The number of benzene rings is 1. The Morgan fingerprint density at radius 2 is 2.33 bits per heavy atom. The summed E-state index contributed by atoms with van der Waals surface area (Å²) in [5.41, 5.74) is 0.0319. The van der Waals surface area contributed by atoms with Crippen molar-refractivity contribution in [2.75, 3.05) is 11.9 Å². The number of nitro benzene ring substituents is 1. The highest BCUT2D eigenvalue weighted by Crippen LogP contribution is 2.32. The van der Waals surface area contributed by atoms with Gasteiger partial charge in [-0.25, -0.2) is 4.39 Å². The van der Waals surface area contributed by atoms with E-state index in [0.717, 1.165) is 6.07 Å². The third-order valence-corrected chi connectivity index (χ3v) is 3.27. The van der Waals surface area contributed by atoms with Crippen LogP contribution in [0.2, 0.25) is 0 Å². The zero-order chi connectivity index (χ0) is 15.4. The Kier molecular flexibility index (Phi) is 4.64. The van der Waals surface area contributed by atoms with Gasteiger partial charge in [0.05, 0.1) is 28.2 Å². The number of nitrogens with zero attached hydrogens (tertiary/aromatic N) is 2. The van der Waals surface area contributed by atoms with Crippen LogP contribution in [0.4, 0.5) is 15.8 Å². The first-order valence-electron chi connectivity index (χ1n) is 6.68. The molecule has 0 saturated carbocycles. The van der Waals surface area contributed by atoms with Crippen LogP contribution >= 0.6 is 0 Å². The summed E-state index contributed by atoms with van der Waals surface area (Å²) in [4.78, 5) is 14.4. The summed E-state index contributed by atoms with van der Waals surface area (Å²) in [6.07, 6.45) is 2.07. The van der Waals surface area contributed by atoms with E-state index in [4.69, 9.17) is 0 Å². The summed E-state index contributed by atoms with van der Waals surface area (Å²) in [7, 11) is 0. The Labute approximate surface area is 120 Å². The van der Waals surface area contributed by atoms with Crippen molar-refractivity contribution < 1.29 is 14.4 Å². The number of anilines is 1. The van der Waals surface area contributed by atoms with E-state index in [1.54, 1.807) is 6.07 Å². The lowest BCUT2D eigenvalue weighted by Crippen LogP contribution is -2.13. The smallest absolute Gasteiger partial charge is 0.281 e. The molecule has 0 bridgehead atoms. The molecule has 0 saturated heterocycles. The van der Waals surface area contributed by atoms with Crippen LogP contribution in [0.5, 0.6) is 0 Å². The summed E-state index contributed by atoms with van der Waals surface area (Å²) in [6.45, 7) is 2.21. The molecule has 0 fully saturated rings. The molecule has 0 amide bonds. The number of rotatable bonds is 6. The summed E-state index contributed by atoms with van der Waals surface area (Å²) in [6, 6.07) is 3.99. The number of pyridine rings is 1. The molecular formula is C14H16FN3O3. The van der Waals surface area contributed by atoms with Crippen molar-refractivity contribution in [3.63, 3.8) is 0 Å². The first-order chi connectivity index (χ1) is 10.0. The van der Waals surface area contributed by atoms with Crippen molar-refractivity contribution in [1.82, 2.24) is 4.98 Å². The number of non-ortho nitro benzene ring substituents is 1. The molecule has 21 heavy (non-hydrogen) atoms. The minimum absolute atomic E-state index is 0.125. The van der Waals surface area contributed by atoms with E-state index in [-0.39, 0.29) is 22.3 Å². The number of fused-ring (bicyclic) bond motifs is 1. The molecule has 2 aromatic rings. The zero-order valence-electron chi connectivity index (χ0n) is 11.5. The van der Waals surface area contributed by atoms with Crippen LogP contribution in [0.25, 0.3) is 10.9 Å². The molecule has 1 aromatic heterocycles. The molecule has 1 unspecified atom stereocenters. The van der Waals surface area contributed by atoms with Crippen LogP contribution in [0, 0.1) is 15.9 Å². The van der Waals surface area contributed by atoms with Crippen LogP contribution in [0.15, 0.2) is 24.4 Å². The standard InChI is InChI=1S/C14H16FN3O3/c1-2-9(19)5-7-17-14-11(15)8-12(18(20)21)10-4-3-6-16-13(10)14/h3-4,6,8-9,17,19H,2,5,7H2,1H3. The molecule has 1 atom stereocenters. The number of halogens is 1. The lowest BCUT2D eigenvalue weighted by atomic mass is 10.1. The highest BCUT2D eigenvalue weighted by atomic mass is 19.1. The zero-order valence-corrected chi connectivity index (χ0v) is 11.5. The molecule has 0 spiro atoms. The fraction of sp³-hybridized carbons (Fsp3) is 0.357. The monoisotopic (exact) mass is 293 g/mol. The van der Waals surface area contributed by atoms with Crippen LogP contribution < -0.4 is 5.32 Å². The van der Waals surface area contributed by atoms with Crippen LogP contribution in [0.1, 0.15) is 19.8 Å². The van der Waals surface area contributed by atoms with Crippen molar-refractivity contribution in [2.24, 2.45) is 0 Å². The molecule has 1 heterocycles. The van der Waals surface area contributed by atoms with Gasteiger partial charge in [0.25, 0.3) is 5.69 Å². The molecular weight excluding hydrogens is 277 g/mol. The average molecular weight is 293 g/mol. The van der Waals surface area contributed by atoms with Gasteiger partial charge in [-0.05, 0) is 25.0 Å². The second kappa shape index (κ2) is 6.45. The predicted molar refractivity (Wildman–Crippen MR) is 77.8 cm³/mol. The van der Waals surface area contributed by atoms with Crippen molar-refractivity contribution in [3.05, 3.63) is 40.3 Å². The molecule has 7 heteroatoms. The topological polar surface area (TPSA) is 88.3 Å². The second-order valence-electron chi connectivity index (χ2n) is 4.69. The third kappa shape index (κ3) is 3.25. The highest BCUT2D eigenvalue weighted by Gasteiger charge is 2.19. The largest absolute Gasteiger partial charge is 0.393 e. The van der Waals surface area contributed by atoms with Crippen molar-refractivity contribution in [2.45, 2.75) is 25.9 Å². The van der Waals surface area contributed by atoms with Gasteiger partial charge in [-0.2, -0.15) is 0 Å². The normalized spacial score (nSPS) is 12.3. The molecule has 0 aliphatic carbocycles. The number of aliphatic hydroxyl groups excluding tert-OH is 1. The van der Waals surface area contributed by atoms with Crippen LogP contribution in [-0.2, 0) is 0 Å². The van der Waals surface area contributed by atoms with Crippen LogP contribution in [-0.4, -0.2) is 27.7 Å². The number of nitrogens with one attached hydrogen (secondary N) is 1. The molecule has 2 N–H and O–H groups in total. The average Bonchev–Trinajstić information content (AvgIpc) is 2.48. The maximum absolute atomic E-state index is 14.1. The van der Waals surface area contributed by atoms with Gasteiger partial charge < -0.3 is 10.4 Å². The molecule has 0 aliphatic rings. The first-order valence-corrected chi connectivity index (χ1v) is 6.68. The van der Waals surface area contributed by atoms with Gasteiger partial charge in [-0.3, -0.25) is 15.1 Å². The summed E-state index contributed by atoms with van der Waals surface area (Å²) in [5.74, 6) is -0.723. The van der Waals surface area contributed by atoms with E-state index in [0.29, 0.717) is 19.4 Å². The fourth-order valence-corrected chi connectivity index (χ4v) is 2.08. The van der Waals surface area contributed by atoms with E-state index in [2.05, 4.69) is 10.3 Å². The Hall–Kier alpha value is -2.28. The fourth-order valence-electron chi connectivity index (χ4n) is 2.08. The van der Waals surface area contributed by atoms with E-state index in [1.165, 1.54) is 12.3 Å². The van der Waals surface area contributed by atoms with E-state index in [1.807, 2.05) is 6.92 Å². The summed E-state index contributed by atoms with van der Waals surface area (Å²) >= 11 is 0. The van der Waals surface area contributed by atoms with Gasteiger partial charge in [0.15, 0.2) is 5.82 Å². The Balaban J connectivity index is 2.38. The van der Waals surface area contributed by atoms with Crippen LogP contribution in [0.3, 0.4) is 0 Å². The molecule has 6 nitrogen and oxygen atoms in total. The summed E-state index contributed by atoms with van der Waals surface area (Å²) < 4.78 is 14.1. The first kappa shape index (κ1) is 15.1. The third-order valence-electron chi connectivity index (χ3n) is 3.27. The van der Waals surface area contributed by atoms with Gasteiger partial charge in [0.1, 0.15) is 5.52 Å². The molecule has 0 radical (unpaired) electrons. The SMILES string of the molecule is CCC(O)CCNc1c(F)cc([N+](=O)[O-])c2cccnc12. The molecule has 0 aliphatic heterocycles. The predicted octanol–water partition coefficient (Wildman–Crippen LogP) is 2.86. The van der Waals surface area contributed by atoms with E-state index < -0.39 is 16.8 Å². The van der Waals surface area contributed by atoms with E-state index >= 15 is 0 Å². The molecule has 1 aromatic carbocycles. The summed E-state index contributed by atoms with van der Waals surface area (Å²) in [5, 5.41) is 23.6. The Morgan fingerprint density at radius 1 is 1.57 bits per heavy atom. The van der Waals surface area contributed by atoms with Crippen molar-refractivity contribution >= 4 is 22.3 Å².